The molecule has 19 heavy (non-hydrogen) atoms. The molecule has 0 saturated carbocycles. The fraction of sp³-hybridized carbons (Fsp3) is 0.692. The fourth-order valence-electron chi connectivity index (χ4n) is 2.18. The lowest BCUT2D eigenvalue weighted by Crippen LogP contribution is -2.44. The highest BCUT2D eigenvalue weighted by Crippen LogP contribution is 2.38. The molecular formula is C13H20O6. The van der Waals surface area contributed by atoms with Gasteiger partial charge in [-0.1, -0.05) is 0 Å². The van der Waals surface area contributed by atoms with E-state index in [4.69, 9.17) is 28.4 Å². The van der Waals surface area contributed by atoms with E-state index in [-0.39, 0.29) is 0 Å². The van der Waals surface area contributed by atoms with Gasteiger partial charge in [0.15, 0.2) is 24.2 Å². The second-order valence-corrected chi connectivity index (χ2v) is 4.37. The monoisotopic (exact) mass is 272 g/mol. The molecule has 0 aliphatic carbocycles. The highest BCUT2D eigenvalue weighted by molar-refractivity contribution is 5.13. The lowest BCUT2D eigenvalue weighted by Gasteiger charge is -2.35. The highest BCUT2D eigenvalue weighted by atomic mass is 16.8. The van der Waals surface area contributed by atoms with Crippen molar-refractivity contribution in [3.63, 3.8) is 0 Å². The smallest absolute Gasteiger partial charge is 0.196 e. The van der Waals surface area contributed by atoms with Crippen LogP contribution in [0.25, 0.3) is 0 Å². The molecule has 2 aliphatic rings. The van der Waals surface area contributed by atoms with Gasteiger partial charge in [-0.2, -0.15) is 0 Å². The Labute approximate surface area is 112 Å². The van der Waals surface area contributed by atoms with Crippen molar-refractivity contribution in [3.05, 3.63) is 24.3 Å². The molecule has 0 aromatic carbocycles. The lowest BCUT2D eigenvalue weighted by atomic mass is 10.1. The summed E-state index contributed by atoms with van der Waals surface area (Å²) in [6, 6.07) is 0. The molecule has 0 aromatic rings. The standard InChI is InChI=1S/C13H20O6/c1-14-10-5-7-12(16-3,18-10)9-13(17-4)8-6-11(15-2)19-13/h5-8,10-11H,9H2,1-4H3. The van der Waals surface area contributed by atoms with Gasteiger partial charge in [-0.25, -0.2) is 0 Å². The van der Waals surface area contributed by atoms with Crippen LogP contribution in [-0.4, -0.2) is 52.6 Å². The first-order valence-corrected chi connectivity index (χ1v) is 6.01. The van der Waals surface area contributed by atoms with E-state index in [0.29, 0.717) is 6.42 Å². The Morgan fingerprint density at radius 1 is 0.842 bits per heavy atom. The Hall–Kier alpha value is -0.760. The van der Waals surface area contributed by atoms with E-state index in [0.717, 1.165) is 0 Å². The molecule has 0 fully saturated rings. The Morgan fingerprint density at radius 2 is 1.26 bits per heavy atom. The molecule has 6 nitrogen and oxygen atoms in total. The summed E-state index contributed by atoms with van der Waals surface area (Å²) in [6.07, 6.45) is 6.66. The summed E-state index contributed by atoms with van der Waals surface area (Å²) in [5, 5.41) is 0. The predicted octanol–water partition coefficient (Wildman–Crippen LogP) is 1.18. The quantitative estimate of drug-likeness (QED) is 0.677. The fourth-order valence-corrected chi connectivity index (χ4v) is 2.18. The average Bonchev–Trinajstić information content (AvgIpc) is 3.04. The zero-order valence-electron chi connectivity index (χ0n) is 11.6. The third-order valence-corrected chi connectivity index (χ3v) is 3.29. The molecule has 0 amide bonds. The van der Waals surface area contributed by atoms with Crippen molar-refractivity contribution in [2.24, 2.45) is 0 Å². The molecule has 0 bridgehead atoms. The Balaban J connectivity index is 2.10. The maximum Gasteiger partial charge on any atom is 0.196 e. The van der Waals surface area contributed by atoms with Crippen LogP contribution in [0.1, 0.15) is 6.42 Å². The lowest BCUT2D eigenvalue weighted by molar-refractivity contribution is -0.306. The van der Waals surface area contributed by atoms with Gasteiger partial charge in [0.2, 0.25) is 0 Å². The number of rotatable bonds is 6. The van der Waals surface area contributed by atoms with Crippen molar-refractivity contribution in [1.29, 1.82) is 0 Å². The van der Waals surface area contributed by atoms with Gasteiger partial charge in [-0.3, -0.25) is 0 Å². The van der Waals surface area contributed by atoms with Crippen LogP contribution in [0.2, 0.25) is 0 Å². The largest absolute Gasteiger partial charge is 0.352 e. The topological polar surface area (TPSA) is 55.4 Å². The van der Waals surface area contributed by atoms with Gasteiger partial charge < -0.3 is 28.4 Å². The summed E-state index contributed by atoms with van der Waals surface area (Å²) in [5.74, 6) is -1.88. The van der Waals surface area contributed by atoms with Crippen molar-refractivity contribution in [2.45, 2.75) is 30.6 Å². The second kappa shape index (κ2) is 5.70. The van der Waals surface area contributed by atoms with Gasteiger partial charge in [-0.15, -0.1) is 0 Å². The highest BCUT2D eigenvalue weighted by Gasteiger charge is 2.47. The third-order valence-electron chi connectivity index (χ3n) is 3.29. The molecule has 6 heteroatoms. The van der Waals surface area contributed by atoms with E-state index in [2.05, 4.69) is 0 Å². The van der Waals surface area contributed by atoms with E-state index in [1.807, 2.05) is 0 Å². The molecule has 0 aromatic heterocycles. The number of hydrogen-bond acceptors (Lipinski definition) is 6. The molecule has 4 unspecified atom stereocenters. The Bertz CT molecular complexity index is 334. The van der Waals surface area contributed by atoms with Gasteiger partial charge in [-0.05, 0) is 24.3 Å². The van der Waals surface area contributed by atoms with E-state index >= 15 is 0 Å². The average molecular weight is 272 g/mol. The summed E-state index contributed by atoms with van der Waals surface area (Å²) in [6.45, 7) is 0. The molecular weight excluding hydrogens is 252 g/mol. The molecule has 0 radical (unpaired) electrons. The van der Waals surface area contributed by atoms with Crippen LogP contribution in [0.4, 0.5) is 0 Å². The molecule has 0 saturated heterocycles. The second-order valence-electron chi connectivity index (χ2n) is 4.37. The van der Waals surface area contributed by atoms with Crippen LogP contribution in [0.3, 0.4) is 0 Å². The summed E-state index contributed by atoms with van der Waals surface area (Å²) in [7, 11) is 6.27. The number of hydrogen-bond donors (Lipinski definition) is 0. The summed E-state index contributed by atoms with van der Waals surface area (Å²) in [4.78, 5) is 0. The molecule has 2 aliphatic heterocycles. The maximum atomic E-state index is 5.71. The van der Waals surface area contributed by atoms with Crippen molar-refractivity contribution in [2.75, 3.05) is 28.4 Å². The molecule has 4 atom stereocenters. The number of methoxy groups -OCH3 is 4. The minimum atomic E-state index is -0.941. The van der Waals surface area contributed by atoms with Crippen LogP contribution in [-0.2, 0) is 28.4 Å². The molecule has 108 valence electrons. The van der Waals surface area contributed by atoms with Crippen molar-refractivity contribution < 1.29 is 28.4 Å². The zero-order chi connectivity index (χ0) is 13.9. The normalized spacial score (nSPS) is 41.3. The molecule has 2 heterocycles. The van der Waals surface area contributed by atoms with Crippen LogP contribution in [0.5, 0.6) is 0 Å². The maximum absolute atomic E-state index is 5.71. The van der Waals surface area contributed by atoms with Crippen LogP contribution >= 0.6 is 0 Å². The van der Waals surface area contributed by atoms with Crippen molar-refractivity contribution >= 4 is 0 Å². The number of ether oxygens (including phenoxy) is 6. The van der Waals surface area contributed by atoms with Crippen LogP contribution in [0.15, 0.2) is 24.3 Å². The summed E-state index contributed by atoms with van der Waals surface area (Å²) in [5.41, 5.74) is 0. The van der Waals surface area contributed by atoms with Gasteiger partial charge in [0.05, 0.1) is 6.42 Å². The predicted molar refractivity (Wildman–Crippen MR) is 66.1 cm³/mol. The summed E-state index contributed by atoms with van der Waals surface area (Å²) >= 11 is 0. The van der Waals surface area contributed by atoms with Gasteiger partial charge in [0, 0.05) is 28.4 Å². The minimum Gasteiger partial charge on any atom is -0.352 e. The van der Waals surface area contributed by atoms with E-state index in [1.165, 1.54) is 0 Å². The minimum absolute atomic E-state index is 0.333. The van der Waals surface area contributed by atoms with Crippen LogP contribution in [0, 0.1) is 0 Å². The molecule has 0 spiro atoms. The summed E-state index contributed by atoms with van der Waals surface area (Å²) < 4.78 is 32.6. The first-order chi connectivity index (χ1) is 9.11. The van der Waals surface area contributed by atoms with E-state index in [9.17, 15) is 0 Å². The first kappa shape index (κ1) is 14.6. The van der Waals surface area contributed by atoms with Crippen LogP contribution < -0.4 is 0 Å². The van der Waals surface area contributed by atoms with E-state index in [1.54, 1.807) is 52.7 Å². The van der Waals surface area contributed by atoms with Crippen molar-refractivity contribution in [1.82, 2.24) is 0 Å². The third kappa shape index (κ3) is 2.89. The SMILES string of the molecule is COC1C=CC(CC2(OC)C=CC(OC)O2)(OC)O1. The van der Waals surface area contributed by atoms with Gasteiger partial charge in [0.25, 0.3) is 0 Å². The van der Waals surface area contributed by atoms with Gasteiger partial charge >= 0.3 is 0 Å². The van der Waals surface area contributed by atoms with Crippen molar-refractivity contribution in [3.8, 4) is 0 Å². The first-order valence-electron chi connectivity index (χ1n) is 6.01. The molecule has 0 N–H and O–H groups in total. The zero-order valence-corrected chi connectivity index (χ0v) is 11.6. The Morgan fingerprint density at radius 3 is 1.53 bits per heavy atom. The Kier molecular flexibility index (Phi) is 4.39. The van der Waals surface area contributed by atoms with Gasteiger partial charge in [0.1, 0.15) is 0 Å². The van der Waals surface area contributed by atoms with E-state index < -0.39 is 24.2 Å². The molecule has 2 rings (SSSR count).